The largest absolute Gasteiger partial charge is 0.508 e. The van der Waals surface area contributed by atoms with Gasteiger partial charge in [-0.3, -0.25) is 0 Å². The lowest BCUT2D eigenvalue weighted by Gasteiger charge is -2.10. The molecule has 0 bridgehead atoms. The first kappa shape index (κ1) is 21.1. The van der Waals surface area contributed by atoms with Crippen molar-refractivity contribution in [3.05, 3.63) is 112 Å². The Hall–Kier alpha value is -4.19. The molecule has 0 unspecified atom stereocenters. The zero-order valence-corrected chi connectivity index (χ0v) is 16.9. The van der Waals surface area contributed by atoms with E-state index in [1.165, 1.54) is 24.3 Å². The number of carbonyl (C=O) groups is 2. The van der Waals surface area contributed by atoms with Gasteiger partial charge in [0.15, 0.2) is 0 Å². The molecule has 0 aliphatic rings. The first-order valence-corrected chi connectivity index (χ1v) is 9.88. The van der Waals surface area contributed by atoms with Crippen molar-refractivity contribution in [1.82, 2.24) is 0 Å². The Morgan fingerprint density at radius 3 is 2.12 bits per heavy atom. The molecule has 0 saturated heterocycles. The molecule has 160 valence electrons. The molecule has 0 aromatic heterocycles. The fraction of sp³-hybridized carbons (Fsp3) is 0.0769. The van der Waals surface area contributed by atoms with Crippen LogP contribution in [0, 0.1) is 5.82 Å². The number of carbonyl (C=O) groups excluding carboxylic acids is 1. The van der Waals surface area contributed by atoms with Crippen LogP contribution in [0.15, 0.2) is 78.9 Å². The molecule has 0 atom stereocenters. The first-order chi connectivity index (χ1) is 15.4. The zero-order chi connectivity index (χ0) is 22.7. The highest BCUT2D eigenvalue weighted by Gasteiger charge is 2.11. The summed E-state index contributed by atoms with van der Waals surface area (Å²) in [6, 6.07) is 20.7. The molecule has 0 heterocycles. The van der Waals surface area contributed by atoms with Gasteiger partial charge in [-0.25, -0.2) is 14.0 Å². The number of aromatic hydroxyl groups is 1. The van der Waals surface area contributed by atoms with Gasteiger partial charge in [0.1, 0.15) is 18.2 Å². The van der Waals surface area contributed by atoms with E-state index in [9.17, 15) is 19.1 Å². The molecule has 0 aliphatic carbocycles. The van der Waals surface area contributed by atoms with Crippen molar-refractivity contribution in [3.63, 3.8) is 0 Å². The minimum Gasteiger partial charge on any atom is -0.508 e. The van der Waals surface area contributed by atoms with E-state index in [0.29, 0.717) is 23.1 Å². The average molecular weight is 430 g/mol. The molecule has 0 spiro atoms. The van der Waals surface area contributed by atoms with Crippen LogP contribution in [0.1, 0.15) is 37.4 Å². The lowest BCUT2D eigenvalue weighted by atomic mass is 9.98. The van der Waals surface area contributed by atoms with Gasteiger partial charge in [0.05, 0.1) is 11.1 Å². The second-order valence-electron chi connectivity index (χ2n) is 7.42. The SMILES string of the molecule is O=C(O)c1ccc(Cc2cc3cc(C(=O)OCc4ccc(F)cc4)ccc3cc2O)cc1. The van der Waals surface area contributed by atoms with Gasteiger partial charge in [0, 0.05) is 6.42 Å². The Morgan fingerprint density at radius 2 is 1.44 bits per heavy atom. The number of carboxylic acids is 1. The van der Waals surface area contributed by atoms with E-state index in [1.54, 1.807) is 54.6 Å². The number of halogens is 1. The minimum atomic E-state index is -0.996. The maximum Gasteiger partial charge on any atom is 0.338 e. The van der Waals surface area contributed by atoms with Crippen molar-refractivity contribution in [2.24, 2.45) is 0 Å². The van der Waals surface area contributed by atoms with Crippen molar-refractivity contribution >= 4 is 22.7 Å². The number of phenols is 1. The van der Waals surface area contributed by atoms with Gasteiger partial charge in [-0.15, -0.1) is 0 Å². The van der Waals surface area contributed by atoms with Gasteiger partial charge in [-0.1, -0.05) is 30.3 Å². The van der Waals surface area contributed by atoms with Gasteiger partial charge >= 0.3 is 11.9 Å². The Bertz CT molecular complexity index is 1290. The summed E-state index contributed by atoms with van der Waals surface area (Å²) in [5.41, 5.74) is 2.74. The number of ether oxygens (including phenoxy) is 1. The Morgan fingerprint density at radius 1 is 0.781 bits per heavy atom. The quantitative estimate of drug-likeness (QED) is 0.404. The van der Waals surface area contributed by atoms with Crippen LogP contribution >= 0.6 is 0 Å². The summed E-state index contributed by atoms with van der Waals surface area (Å²) < 4.78 is 18.3. The topological polar surface area (TPSA) is 83.8 Å². The van der Waals surface area contributed by atoms with E-state index in [-0.39, 0.29) is 23.7 Å². The Labute approximate surface area is 183 Å². The second-order valence-corrected chi connectivity index (χ2v) is 7.42. The van der Waals surface area contributed by atoms with Gasteiger partial charge in [-0.05, 0) is 76.0 Å². The lowest BCUT2D eigenvalue weighted by Crippen LogP contribution is -2.05. The second kappa shape index (κ2) is 8.89. The van der Waals surface area contributed by atoms with Crippen LogP contribution in [0.4, 0.5) is 4.39 Å². The van der Waals surface area contributed by atoms with Crippen molar-refractivity contribution in [2.45, 2.75) is 13.0 Å². The van der Waals surface area contributed by atoms with E-state index < -0.39 is 11.9 Å². The van der Waals surface area contributed by atoms with Crippen molar-refractivity contribution in [3.8, 4) is 5.75 Å². The summed E-state index contributed by atoms with van der Waals surface area (Å²) in [7, 11) is 0. The molecule has 32 heavy (non-hydrogen) atoms. The molecule has 2 N–H and O–H groups in total. The van der Waals surface area contributed by atoms with E-state index in [4.69, 9.17) is 9.84 Å². The molecule has 4 rings (SSSR count). The highest BCUT2D eigenvalue weighted by atomic mass is 19.1. The van der Waals surface area contributed by atoms with Gasteiger partial charge < -0.3 is 14.9 Å². The summed E-state index contributed by atoms with van der Waals surface area (Å²) in [6.07, 6.45) is 0.404. The molecule has 4 aromatic rings. The molecule has 4 aromatic carbocycles. The highest BCUT2D eigenvalue weighted by molar-refractivity contribution is 5.96. The summed E-state index contributed by atoms with van der Waals surface area (Å²) >= 11 is 0. The average Bonchev–Trinajstić information content (AvgIpc) is 2.79. The van der Waals surface area contributed by atoms with Crippen LogP contribution in [0.3, 0.4) is 0 Å². The highest BCUT2D eigenvalue weighted by Crippen LogP contribution is 2.28. The third-order valence-electron chi connectivity index (χ3n) is 5.15. The van der Waals surface area contributed by atoms with Crippen LogP contribution in [0.2, 0.25) is 0 Å². The summed E-state index contributed by atoms with van der Waals surface area (Å²) in [6.45, 7) is 0.0321. The number of aromatic carboxylic acids is 1. The normalized spacial score (nSPS) is 10.8. The molecular weight excluding hydrogens is 411 g/mol. The first-order valence-electron chi connectivity index (χ1n) is 9.88. The van der Waals surface area contributed by atoms with E-state index in [2.05, 4.69) is 0 Å². The predicted octanol–water partition coefficient (Wildman–Crippen LogP) is 5.33. The summed E-state index contributed by atoms with van der Waals surface area (Å²) in [4.78, 5) is 23.5. The number of benzene rings is 4. The predicted molar refractivity (Wildman–Crippen MR) is 117 cm³/mol. The van der Waals surface area contributed by atoms with Crippen molar-refractivity contribution < 1.29 is 28.9 Å². The summed E-state index contributed by atoms with van der Waals surface area (Å²) in [5.74, 6) is -1.74. The molecule has 5 nitrogen and oxygen atoms in total. The molecular formula is C26H19FO5. The van der Waals surface area contributed by atoms with Crippen LogP contribution in [0.25, 0.3) is 10.8 Å². The van der Waals surface area contributed by atoms with Crippen molar-refractivity contribution in [1.29, 1.82) is 0 Å². The standard InChI is InChI=1S/C26H19FO5/c27-23-9-3-17(4-10-23)15-32-26(31)20-8-7-19-14-24(28)22(13-21(19)12-20)11-16-1-5-18(6-2-16)25(29)30/h1-10,12-14,28H,11,15H2,(H,29,30). The van der Waals surface area contributed by atoms with Crippen LogP contribution in [-0.4, -0.2) is 22.2 Å². The monoisotopic (exact) mass is 430 g/mol. The Balaban J connectivity index is 1.53. The van der Waals surface area contributed by atoms with Crippen LogP contribution in [-0.2, 0) is 17.8 Å². The molecule has 0 amide bonds. The molecule has 0 saturated carbocycles. The van der Waals surface area contributed by atoms with E-state index in [1.807, 2.05) is 0 Å². The van der Waals surface area contributed by atoms with E-state index >= 15 is 0 Å². The third kappa shape index (κ3) is 4.75. The number of esters is 1. The molecule has 0 radical (unpaired) electrons. The van der Waals surface area contributed by atoms with Crippen LogP contribution < -0.4 is 0 Å². The fourth-order valence-corrected chi connectivity index (χ4v) is 3.40. The molecule has 0 aliphatic heterocycles. The lowest BCUT2D eigenvalue weighted by molar-refractivity contribution is 0.0472. The van der Waals surface area contributed by atoms with Gasteiger partial charge in [0.25, 0.3) is 0 Å². The number of fused-ring (bicyclic) bond motifs is 1. The van der Waals surface area contributed by atoms with Gasteiger partial charge in [-0.2, -0.15) is 0 Å². The number of hydrogen-bond acceptors (Lipinski definition) is 4. The number of rotatable bonds is 6. The van der Waals surface area contributed by atoms with Crippen LogP contribution in [0.5, 0.6) is 5.75 Å². The smallest absolute Gasteiger partial charge is 0.338 e. The number of carboxylic acid groups (broad SMARTS) is 1. The number of hydrogen-bond donors (Lipinski definition) is 2. The molecule has 0 fully saturated rings. The fourth-order valence-electron chi connectivity index (χ4n) is 3.40. The molecule has 6 heteroatoms. The third-order valence-corrected chi connectivity index (χ3v) is 5.15. The Kier molecular flexibility index (Phi) is 5.85. The maximum atomic E-state index is 13.0. The zero-order valence-electron chi connectivity index (χ0n) is 16.9. The van der Waals surface area contributed by atoms with E-state index in [0.717, 1.165) is 16.3 Å². The maximum absolute atomic E-state index is 13.0. The van der Waals surface area contributed by atoms with Crippen molar-refractivity contribution in [2.75, 3.05) is 0 Å². The van der Waals surface area contributed by atoms with Gasteiger partial charge in [0.2, 0.25) is 0 Å². The summed E-state index contributed by atoms with van der Waals surface area (Å²) in [5, 5.41) is 21.0. The minimum absolute atomic E-state index is 0.0321. The number of phenolic OH excluding ortho intramolecular Hbond substituents is 1.